The van der Waals surface area contributed by atoms with Crippen molar-refractivity contribution in [3.8, 4) is 0 Å². The molecule has 1 heterocycles. The number of hydrogen-bond donors (Lipinski definition) is 1. The summed E-state index contributed by atoms with van der Waals surface area (Å²) in [4.78, 5) is 1.36. The van der Waals surface area contributed by atoms with Crippen LogP contribution in [0, 0.1) is 11.8 Å². The fourth-order valence-corrected chi connectivity index (χ4v) is 2.98. The van der Waals surface area contributed by atoms with Crippen LogP contribution in [0.3, 0.4) is 0 Å². The normalized spacial score (nSPS) is 15.4. The zero-order valence-electron chi connectivity index (χ0n) is 10.6. The summed E-state index contributed by atoms with van der Waals surface area (Å²) in [6, 6.07) is 4.59. The second-order valence-electron chi connectivity index (χ2n) is 4.68. The first-order valence-corrected chi connectivity index (χ1v) is 7.24. The van der Waals surface area contributed by atoms with Crippen LogP contribution in [0.4, 0.5) is 0 Å². The summed E-state index contributed by atoms with van der Waals surface area (Å²) >= 11 is 7.71. The predicted octanol–water partition coefficient (Wildman–Crippen LogP) is 4.73. The second-order valence-corrected chi connectivity index (χ2v) is 6.42. The summed E-state index contributed by atoms with van der Waals surface area (Å²) in [5, 5.41) is 3.63. The zero-order chi connectivity index (χ0) is 12.1. The van der Waals surface area contributed by atoms with Gasteiger partial charge >= 0.3 is 0 Å². The molecule has 2 unspecified atom stereocenters. The van der Waals surface area contributed by atoms with Gasteiger partial charge in [-0.15, -0.1) is 11.3 Å². The van der Waals surface area contributed by atoms with E-state index in [4.69, 9.17) is 11.6 Å². The van der Waals surface area contributed by atoms with Crippen LogP contribution >= 0.6 is 22.9 Å². The standard InChI is InChI=1S/C13H22ClNS/c1-5-8-15-13(10(4)9(2)3)11-6-7-12(14)16-11/h6-7,9-10,13,15H,5,8H2,1-4H3. The maximum Gasteiger partial charge on any atom is 0.0931 e. The van der Waals surface area contributed by atoms with Gasteiger partial charge in [0, 0.05) is 10.9 Å². The maximum atomic E-state index is 6.01. The van der Waals surface area contributed by atoms with Crippen LogP contribution in [0.2, 0.25) is 4.34 Å². The van der Waals surface area contributed by atoms with Crippen molar-refractivity contribution < 1.29 is 0 Å². The second kappa shape index (κ2) is 6.63. The molecule has 0 radical (unpaired) electrons. The third kappa shape index (κ3) is 3.76. The van der Waals surface area contributed by atoms with Crippen molar-refractivity contribution in [2.45, 2.75) is 40.2 Å². The molecule has 16 heavy (non-hydrogen) atoms. The van der Waals surface area contributed by atoms with Gasteiger partial charge in [0.05, 0.1) is 4.34 Å². The van der Waals surface area contributed by atoms with E-state index >= 15 is 0 Å². The van der Waals surface area contributed by atoms with Gasteiger partial charge in [-0.05, 0) is 36.9 Å². The maximum absolute atomic E-state index is 6.01. The van der Waals surface area contributed by atoms with Crippen LogP contribution in [0.1, 0.15) is 45.0 Å². The van der Waals surface area contributed by atoms with Crippen molar-refractivity contribution in [3.05, 3.63) is 21.3 Å². The molecule has 0 saturated heterocycles. The third-order valence-corrected chi connectivity index (χ3v) is 4.41. The highest BCUT2D eigenvalue weighted by molar-refractivity contribution is 7.16. The Labute approximate surface area is 108 Å². The molecule has 0 spiro atoms. The molecular weight excluding hydrogens is 238 g/mol. The highest BCUT2D eigenvalue weighted by Gasteiger charge is 2.22. The van der Waals surface area contributed by atoms with E-state index in [0.29, 0.717) is 17.9 Å². The summed E-state index contributed by atoms with van der Waals surface area (Å²) in [5.74, 6) is 1.30. The largest absolute Gasteiger partial charge is 0.309 e. The zero-order valence-corrected chi connectivity index (χ0v) is 12.2. The molecule has 0 aromatic carbocycles. The Kier molecular flexibility index (Phi) is 5.81. The molecular formula is C13H22ClNS. The average Bonchev–Trinajstić information content (AvgIpc) is 2.65. The van der Waals surface area contributed by atoms with E-state index in [2.05, 4.69) is 39.1 Å². The van der Waals surface area contributed by atoms with Gasteiger partial charge in [0.1, 0.15) is 0 Å². The Bertz CT molecular complexity index is 309. The molecule has 1 aromatic rings. The molecule has 2 atom stereocenters. The molecule has 0 bridgehead atoms. The van der Waals surface area contributed by atoms with Gasteiger partial charge in [-0.25, -0.2) is 0 Å². The van der Waals surface area contributed by atoms with Crippen molar-refractivity contribution in [2.24, 2.45) is 11.8 Å². The lowest BCUT2D eigenvalue weighted by Crippen LogP contribution is -2.29. The summed E-state index contributed by atoms with van der Waals surface area (Å²) in [5.41, 5.74) is 0. The van der Waals surface area contributed by atoms with Crippen LogP contribution in [-0.4, -0.2) is 6.54 Å². The minimum Gasteiger partial charge on any atom is -0.309 e. The molecule has 0 fully saturated rings. The fraction of sp³-hybridized carbons (Fsp3) is 0.692. The molecule has 0 aliphatic carbocycles. The Morgan fingerprint density at radius 3 is 2.44 bits per heavy atom. The molecule has 0 amide bonds. The van der Waals surface area contributed by atoms with Crippen LogP contribution < -0.4 is 5.32 Å². The van der Waals surface area contributed by atoms with Gasteiger partial charge in [0.2, 0.25) is 0 Å². The van der Waals surface area contributed by atoms with Gasteiger partial charge in [0.15, 0.2) is 0 Å². The van der Waals surface area contributed by atoms with E-state index in [9.17, 15) is 0 Å². The van der Waals surface area contributed by atoms with Gasteiger partial charge in [-0.3, -0.25) is 0 Å². The molecule has 0 saturated carbocycles. The molecule has 0 aliphatic heterocycles. The molecule has 0 aliphatic rings. The first kappa shape index (κ1) is 14.0. The van der Waals surface area contributed by atoms with E-state index in [1.54, 1.807) is 11.3 Å². The molecule has 1 rings (SSSR count). The van der Waals surface area contributed by atoms with Crippen molar-refractivity contribution in [1.82, 2.24) is 5.32 Å². The number of hydrogen-bond acceptors (Lipinski definition) is 2. The Balaban J connectivity index is 2.78. The molecule has 1 N–H and O–H groups in total. The first-order chi connectivity index (χ1) is 7.56. The van der Waals surface area contributed by atoms with Crippen LogP contribution in [0.5, 0.6) is 0 Å². The van der Waals surface area contributed by atoms with Crippen LogP contribution in [-0.2, 0) is 0 Å². The molecule has 1 nitrogen and oxygen atoms in total. The number of halogens is 1. The van der Waals surface area contributed by atoms with Crippen molar-refractivity contribution in [3.63, 3.8) is 0 Å². The SMILES string of the molecule is CCCNC(c1ccc(Cl)s1)C(C)C(C)C. The van der Waals surface area contributed by atoms with Gasteiger partial charge in [0.25, 0.3) is 0 Å². The van der Waals surface area contributed by atoms with E-state index in [1.807, 2.05) is 6.07 Å². The van der Waals surface area contributed by atoms with Gasteiger partial charge in [-0.1, -0.05) is 39.3 Å². The predicted molar refractivity (Wildman–Crippen MR) is 74.4 cm³/mol. The third-order valence-electron chi connectivity index (χ3n) is 3.09. The lowest BCUT2D eigenvalue weighted by molar-refractivity contribution is 0.307. The van der Waals surface area contributed by atoms with Crippen LogP contribution in [0.15, 0.2) is 12.1 Å². The summed E-state index contributed by atoms with van der Waals surface area (Å²) in [6.45, 7) is 10.1. The Morgan fingerprint density at radius 2 is 2.00 bits per heavy atom. The van der Waals surface area contributed by atoms with E-state index in [1.165, 1.54) is 11.3 Å². The minimum atomic E-state index is 0.442. The van der Waals surface area contributed by atoms with Crippen molar-refractivity contribution >= 4 is 22.9 Å². The quantitative estimate of drug-likeness (QED) is 0.779. The summed E-state index contributed by atoms with van der Waals surface area (Å²) in [7, 11) is 0. The average molecular weight is 260 g/mol. The number of thiophene rings is 1. The van der Waals surface area contributed by atoms with E-state index < -0.39 is 0 Å². The topological polar surface area (TPSA) is 12.0 Å². The number of nitrogens with one attached hydrogen (secondary N) is 1. The van der Waals surface area contributed by atoms with Crippen molar-refractivity contribution in [2.75, 3.05) is 6.54 Å². The minimum absolute atomic E-state index is 0.442. The monoisotopic (exact) mass is 259 g/mol. The van der Waals surface area contributed by atoms with Crippen LogP contribution in [0.25, 0.3) is 0 Å². The van der Waals surface area contributed by atoms with Crippen molar-refractivity contribution in [1.29, 1.82) is 0 Å². The highest BCUT2D eigenvalue weighted by Crippen LogP contribution is 2.34. The summed E-state index contributed by atoms with van der Waals surface area (Å²) < 4.78 is 0.884. The number of rotatable bonds is 6. The first-order valence-electron chi connectivity index (χ1n) is 6.04. The smallest absolute Gasteiger partial charge is 0.0931 e. The van der Waals surface area contributed by atoms with Gasteiger partial charge in [-0.2, -0.15) is 0 Å². The fourth-order valence-electron chi connectivity index (χ4n) is 1.73. The van der Waals surface area contributed by atoms with E-state index in [-0.39, 0.29) is 0 Å². The molecule has 92 valence electrons. The Hall–Kier alpha value is -0.0500. The Morgan fingerprint density at radius 1 is 1.31 bits per heavy atom. The van der Waals surface area contributed by atoms with Gasteiger partial charge < -0.3 is 5.32 Å². The molecule has 3 heteroatoms. The lowest BCUT2D eigenvalue weighted by Gasteiger charge is -2.27. The van der Waals surface area contributed by atoms with E-state index in [0.717, 1.165) is 10.9 Å². The molecule has 1 aromatic heterocycles. The lowest BCUT2D eigenvalue weighted by atomic mass is 9.89. The highest BCUT2D eigenvalue weighted by atomic mass is 35.5. The summed E-state index contributed by atoms with van der Waals surface area (Å²) in [6.07, 6.45) is 1.17.